The average Bonchev–Trinajstić information content (AvgIpc) is 2.61. The van der Waals surface area contributed by atoms with E-state index in [2.05, 4.69) is 9.83 Å². The lowest BCUT2D eigenvalue weighted by Crippen LogP contribution is -1.82. The summed E-state index contributed by atoms with van der Waals surface area (Å²) >= 11 is 0. The number of H-pyrrole nitrogens is 1. The summed E-state index contributed by atoms with van der Waals surface area (Å²) in [6.45, 7) is 9.09. The SMILES string of the molecule is [C-]#[N+]c1c(-c2ccc(C)cc2)c[nH]c1N. The first-order valence-electron chi connectivity index (χ1n) is 4.63. The van der Waals surface area contributed by atoms with Crippen LogP contribution in [-0.4, -0.2) is 4.98 Å². The molecule has 1 heterocycles. The molecule has 74 valence electrons. The summed E-state index contributed by atoms with van der Waals surface area (Å²) in [6.07, 6.45) is 1.77. The number of nitrogens with zero attached hydrogens (tertiary/aromatic N) is 1. The molecule has 3 N–H and O–H groups in total. The number of benzene rings is 1. The van der Waals surface area contributed by atoms with E-state index in [4.69, 9.17) is 12.3 Å². The van der Waals surface area contributed by atoms with Gasteiger partial charge in [-0.2, -0.15) is 0 Å². The zero-order valence-electron chi connectivity index (χ0n) is 8.41. The highest BCUT2D eigenvalue weighted by molar-refractivity contribution is 5.85. The van der Waals surface area contributed by atoms with Crippen molar-refractivity contribution >= 4 is 11.5 Å². The normalized spacial score (nSPS) is 9.87. The minimum Gasteiger partial charge on any atom is -0.394 e. The molecular formula is C12H11N3. The number of rotatable bonds is 1. The van der Waals surface area contributed by atoms with Gasteiger partial charge in [0.25, 0.3) is 0 Å². The summed E-state index contributed by atoms with van der Waals surface area (Å²) in [7, 11) is 0. The first-order chi connectivity index (χ1) is 7.22. The fourth-order valence-corrected chi connectivity index (χ4v) is 1.51. The van der Waals surface area contributed by atoms with Crippen LogP contribution in [0.5, 0.6) is 0 Å². The molecule has 0 aliphatic heterocycles. The van der Waals surface area contributed by atoms with Crippen LogP contribution >= 0.6 is 0 Å². The van der Waals surface area contributed by atoms with Gasteiger partial charge < -0.3 is 10.7 Å². The molecule has 0 atom stereocenters. The molecule has 2 aromatic rings. The highest BCUT2D eigenvalue weighted by Gasteiger charge is 2.09. The standard InChI is InChI=1S/C12H11N3/c1-8-3-5-9(6-4-8)10-7-15-12(13)11(10)14-2/h3-7,15H,13H2,1H3. The number of anilines is 1. The van der Waals surface area contributed by atoms with Crippen molar-refractivity contribution < 1.29 is 0 Å². The zero-order chi connectivity index (χ0) is 10.8. The van der Waals surface area contributed by atoms with Crippen molar-refractivity contribution in [2.24, 2.45) is 0 Å². The number of nitrogens with two attached hydrogens (primary N) is 1. The molecule has 0 unspecified atom stereocenters. The van der Waals surface area contributed by atoms with Crippen LogP contribution in [0.3, 0.4) is 0 Å². The first kappa shape index (κ1) is 9.35. The van der Waals surface area contributed by atoms with Crippen molar-refractivity contribution in [3.63, 3.8) is 0 Å². The molecule has 1 aromatic heterocycles. The highest BCUT2D eigenvalue weighted by atomic mass is 14.9. The van der Waals surface area contributed by atoms with E-state index in [1.54, 1.807) is 6.20 Å². The maximum absolute atomic E-state index is 7.06. The molecule has 0 bridgehead atoms. The Bertz CT molecular complexity index is 515. The maximum Gasteiger partial charge on any atom is 0.234 e. The minimum absolute atomic E-state index is 0.431. The van der Waals surface area contributed by atoms with Crippen LogP contribution in [0.4, 0.5) is 11.5 Å². The van der Waals surface area contributed by atoms with Gasteiger partial charge in [0.15, 0.2) is 0 Å². The molecule has 0 fully saturated rings. The fraction of sp³-hybridized carbons (Fsp3) is 0.0833. The smallest absolute Gasteiger partial charge is 0.234 e. The first-order valence-corrected chi connectivity index (χ1v) is 4.63. The summed E-state index contributed by atoms with van der Waals surface area (Å²) in [5.74, 6) is 0.431. The average molecular weight is 197 g/mol. The van der Waals surface area contributed by atoms with Crippen molar-refractivity contribution in [1.82, 2.24) is 4.98 Å². The second-order valence-corrected chi connectivity index (χ2v) is 3.44. The molecular weight excluding hydrogens is 186 g/mol. The van der Waals surface area contributed by atoms with Gasteiger partial charge in [0.05, 0.1) is 6.57 Å². The second-order valence-electron chi connectivity index (χ2n) is 3.44. The van der Waals surface area contributed by atoms with Crippen LogP contribution in [-0.2, 0) is 0 Å². The number of aromatic amines is 1. The molecule has 0 radical (unpaired) electrons. The molecule has 3 heteroatoms. The monoisotopic (exact) mass is 197 g/mol. The second kappa shape index (κ2) is 3.50. The predicted octanol–water partition coefficient (Wildman–Crippen LogP) is 3.12. The van der Waals surface area contributed by atoms with Crippen molar-refractivity contribution in [2.75, 3.05) is 5.73 Å². The van der Waals surface area contributed by atoms with Gasteiger partial charge in [-0.25, -0.2) is 4.85 Å². The minimum atomic E-state index is 0.431. The third-order valence-electron chi connectivity index (χ3n) is 2.36. The van der Waals surface area contributed by atoms with Gasteiger partial charge in [-0.3, -0.25) is 0 Å². The van der Waals surface area contributed by atoms with Gasteiger partial charge in [-0.1, -0.05) is 29.8 Å². The summed E-state index contributed by atoms with van der Waals surface area (Å²) in [4.78, 5) is 6.29. The van der Waals surface area contributed by atoms with Crippen LogP contribution in [0.2, 0.25) is 0 Å². The number of nitrogen functional groups attached to an aromatic ring is 1. The number of nitrogens with one attached hydrogen (secondary N) is 1. The Labute approximate surface area is 88.4 Å². The lowest BCUT2D eigenvalue weighted by molar-refractivity contribution is 1.41. The maximum atomic E-state index is 7.06. The van der Waals surface area contributed by atoms with Gasteiger partial charge in [0.2, 0.25) is 5.69 Å². The third kappa shape index (κ3) is 1.57. The molecule has 15 heavy (non-hydrogen) atoms. The van der Waals surface area contributed by atoms with E-state index in [1.807, 2.05) is 31.2 Å². The van der Waals surface area contributed by atoms with E-state index in [1.165, 1.54) is 5.56 Å². The van der Waals surface area contributed by atoms with E-state index >= 15 is 0 Å². The van der Waals surface area contributed by atoms with E-state index in [0.29, 0.717) is 11.5 Å². The molecule has 0 aliphatic carbocycles. The summed E-state index contributed by atoms with van der Waals surface area (Å²) in [5.41, 5.74) is 9.23. The molecule has 0 amide bonds. The van der Waals surface area contributed by atoms with E-state index < -0.39 is 0 Å². The Hall–Kier alpha value is -2.21. The van der Waals surface area contributed by atoms with Gasteiger partial charge in [0, 0.05) is 5.56 Å². The van der Waals surface area contributed by atoms with Crippen LogP contribution < -0.4 is 5.73 Å². The van der Waals surface area contributed by atoms with Crippen LogP contribution in [0.25, 0.3) is 16.0 Å². The van der Waals surface area contributed by atoms with Gasteiger partial charge in [-0.15, -0.1) is 0 Å². The topological polar surface area (TPSA) is 46.2 Å². The van der Waals surface area contributed by atoms with Crippen LogP contribution in [0.1, 0.15) is 5.56 Å². The Morgan fingerprint density at radius 2 is 1.93 bits per heavy atom. The zero-order valence-corrected chi connectivity index (χ0v) is 8.41. The number of aromatic nitrogens is 1. The lowest BCUT2D eigenvalue weighted by atomic mass is 10.1. The van der Waals surface area contributed by atoms with Crippen LogP contribution in [0.15, 0.2) is 30.5 Å². The quantitative estimate of drug-likeness (QED) is 0.678. The molecule has 3 nitrogen and oxygen atoms in total. The summed E-state index contributed by atoms with van der Waals surface area (Å²) < 4.78 is 0. The van der Waals surface area contributed by atoms with Crippen LogP contribution in [0, 0.1) is 13.5 Å². The van der Waals surface area contributed by atoms with Gasteiger partial charge in [0.1, 0.15) is 5.82 Å². The number of hydrogen-bond acceptors (Lipinski definition) is 1. The number of hydrogen-bond donors (Lipinski definition) is 2. The van der Waals surface area contributed by atoms with E-state index in [0.717, 1.165) is 11.1 Å². The summed E-state index contributed by atoms with van der Waals surface area (Å²) in [5, 5.41) is 0. The molecule has 0 aliphatic rings. The van der Waals surface area contributed by atoms with E-state index in [-0.39, 0.29) is 0 Å². The molecule has 1 aromatic carbocycles. The fourth-order valence-electron chi connectivity index (χ4n) is 1.51. The van der Waals surface area contributed by atoms with Crippen molar-refractivity contribution in [3.05, 3.63) is 47.4 Å². The third-order valence-corrected chi connectivity index (χ3v) is 2.36. The highest BCUT2D eigenvalue weighted by Crippen LogP contribution is 2.34. The Morgan fingerprint density at radius 3 is 2.53 bits per heavy atom. The van der Waals surface area contributed by atoms with Crippen molar-refractivity contribution in [1.29, 1.82) is 0 Å². The lowest BCUT2D eigenvalue weighted by Gasteiger charge is -1.99. The summed E-state index contributed by atoms with van der Waals surface area (Å²) in [6, 6.07) is 8.03. The predicted molar refractivity (Wildman–Crippen MR) is 61.6 cm³/mol. The Balaban J connectivity index is 2.55. The van der Waals surface area contributed by atoms with Crippen molar-refractivity contribution in [2.45, 2.75) is 6.92 Å². The molecule has 0 saturated carbocycles. The molecule has 0 spiro atoms. The van der Waals surface area contributed by atoms with Gasteiger partial charge in [-0.05, 0) is 18.7 Å². The van der Waals surface area contributed by atoms with Gasteiger partial charge >= 0.3 is 0 Å². The Morgan fingerprint density at radius 1 is 1.27 bits per heavy atom. The van der Waals surface area contributed by atoms with Crippen molar-refractivity contribution in [3.8, 4) is 11.1 Å². The Kier molecular flexibility index (Phi) is 2.18. The molecule has 2 rings (SSSR count). The van der Waals surface area contributed by atoms with E-state index in [9.17, 15) is 0 Å². The number of aryl methyl sites for hydroxylation is 1. The largest absolute Gasteiger partial charge is 0.394 e. The molecule has 0 saturated heterocycles.